The van der Waals surface area contributed by atoms with Crippen LogP contribution in [0.25, 0.3) is 0 Å². The highest BCUT2D eigenvalue weighted by atomic mass is 32.1. The molecule has 0 bridgehead atoms. The van der Waals surface area contributed by atoms with Crippen molar-refractivity contribution in [1.82, 2.24) is 0 Å². The van der Waals surface area contributed by atoms with Gasteiger partial charge < -0.3 is 16.2 Å². The minimum absolute atomic E-state index is 0.134. The van der Waals surface area contributed by atoms with E-state index >= 15 is 0 Å². The van der Waals surface area contributed by atoms with Gasteiger partial charge in [-0.2, -0.15) is 0 Å². The van der Waals surface area contributed by atoms with Gasteiger partial charge in [-0.1, -0.05) is 44.2 Å². The first kappa shape index (κ1) is 20.6. The SMILES string of the molecule is CC(C)c1cccc(NC(=O)CCc2ccc(N=C(N)c3cccs3)cc2)c1O. The zero-order chi connectivity index (χ0) is 20.8. The molecule has 29 heavy (non-hydrogen) atoms. The maximum absolute atomic E-state index is 12.3. The first-order valence-electron chi connectivity index (χ1n) is 9.52. The smallest absolute Gasteiger partial charge is 0.224 e. The molecule has 0 aliphatic heterocycles. The number of carbonyl (C=O) groups is 1. The number of nitrogens with zero attached hydrogens (tertiary/aromatic N) is 1. The van der Waals surface area contributed by atoms with Crippen molar-refractivity contribution in [2.45, 2.75) is 32.6 Å². The number of thiophene rings is 1. The van der Waals surface area contributed by atoms with Gasteiger partial charge >= 0.3 is 0 Å². The molecule has 0 fully saturated rings. The van der Waals surface area contributed by atoms with Crippen LogP contribution in [0.1, 0.15) is 42.2 Å². The van der Waals surface area contributed by atoms with Crippen LogP contribution in [-0.2, 0) is 11.2 Å². The lowest BCUT2D eigenvalue weighted by molar-refractivity contribution is -0.116. The van der Waals surface area contributed by atoms with Crippen LogP contribution in [0.4, 0.5) is 11.4 Å². The van der Waals surface area contributed by atoms with E-state index in [-0.39, 0.29) is 17.6 Å². The van der Waals surface area contributed by atoms with E-state index in [2.05, 4.69) is 10.3 Å². The number of carbonyl (C=O) groups excluding carboxylic acids is 1. The van der Waals surface area contributed by atoms with Gasteiger partial charge in [0.05, 0.1) is 16.3 Å². The lowest BCUT2D eigenvalue weighted by Crippen LogP contribution is -2.13. The van der Waals surface area contributed by atoms with E-state index in [9.17, 15) is 9.90 Å². The molecule has 1 heterocycles. The number of aryl methyl sites for hydroxylation is 1. The van der Waals surface area contributed by atoms with Crippen molar-refractivity contribution >= 4 is 34.5 Å². The highest BCUT2D eigenvalue weighted by molar-refractivity contribution is 7.12. The standard InChI is InChI=1S/C23H25N3O2S/c1-15(2)18-5-3-6-19(22(18)28)26-21(27)13-10-16-8-11-17(12-9-16)25-23(24)20-7-4-14-29-20/h3-9,11-12,14-15,28H,10,13H2,1-2H3,(H2,24,25)(H,26,27). The van der Waals surface area contributed by atoms with Crippen molar-refractivity contribution in [1.29, 1.82) is 0 Å². The highest BCUT2D eigenvalue weighted by Gasteiger charge is 2.12. The number of amidine groups is 1. The topological polar surface area (TPSA) is 87.7 Å². The first-order chi connectivity index (χ1) is 13.9. The van der Waals surface area contributed by atoms with Crippen LogP contribution in [0.15, 0.2) is 65.0 Å². The predicted octanol–water partition coefficient (Wildman–Crippen LogP) is 5.19. The number of nitrogens with two attached hydrogens (primary N) is 1. The zero-order valence-corrected chi connectivity index (χ0v) is 17.4. The molecule has 3 aromatic rings. The molecule has 1 amide bonds. The van der Waals surface area contributed by atoms with Gasteiger partial charge in [0.1, 0.15) is 11.6 Å². The second-order valence-corrected chi connectivity index (χ2v) is 8.03. The number of aromatic hydroxyl groups is 1. The summed E-state index contributed by atoms with van der Waals surface area (Å²) in [5.41, 5.74) is 9.10. The molecular weight excluding hydrogens is 382 g/mol. The van der Waals surface area contributed by atoms with Crippen LogP contribution in [0.2, 0.25) is 0 Å². The number of nitrogens with one attached hydrogen (secondary N) is 1. The maximum Gasteiger partial charge on any atom is 0.224 e. The van der Waals surface area contributed by atoms with Gasteiger partial charge in [0, 0.05) is 6.42 Å². The van der Waals surface area contributed by atoms with Gasteiger partial charge in [-0.05, 0) is 53.1 Å². The molecule has 6 heteroatoms. The third-order valence-corrected chi connectivity index (χ3v) is 5.46. The van der Waals surface area contributed by atoms with Gasteiger partial charge in [-0.25, -0.2) is 4.99 Å². The third-order valence-electron chi connectivity index (χ3n) is 4.56. The minimum atomic E-state index is -0.134. The third kappa shape index (κ3) is 5.45. The summed E-state index contributed by atoms with van der Waals surface area (Å²) >= 11 is 1.55. The van der Waals surface area contributed by atoms with Crippen LogP contribution in [0, 0.1) is 0 Å². The van der Waals surface area contributed by atoms with Gasteiger partial charge in [0.2, 0.25) is 5.91 Å². The highest BCUT2D eigenvalue weighted by Crippen LogP contribution is 2.32. The number of benzene rings is 2. The summed E-state index contributed by atoms with van der Waals surface area (Å²) in [5, 5.41) is 15.1. The predicted molar refractivity (Wildman–Crippen MR) is 120 cm³/mol. The Kier molecular flexibility index (Phi) is 6.67. The molecule has 0 spiro atoms. The van der Waals surface area contributed by atoms with Crippen LogP contribution in [0.3, 0.4) is 0 Å². The summed E-state index contributed by atoms with van der Waals surface area (Å²) in [6.45, 7) is 4.00. The Hall–Kier alpha value is -3.12. The summed E-state index contributed by atoms with van der Waals surface area (Å²) in [7, 11) is 0. The van der Waals surface area contributed by atoms with Gasteiger partial charge in [0.15, 0.2) is 0 Å². The quantitative estimate of drug-likeness (QED) is 0.286. The van der Waals surface area contributed by atoms with Crippen molar-refractivity contribution in [3.05, 3.63) is 76.0 Å². The van der Waals surface area contributed by atoms with E-state index in [0.717, 1.165) is 21.7 Å². The summed E-state index contributed by atoms with van der Waals surface area (Å²) in [4.78, 5) is 17.7. The molecule has 0 saturated heterocycles. The van der Waals surface area contributed by atoms with Crippen LogP contribution < -0.4 is 11.1 Å². The Bertz CT molecular complexity index is 993. The Morgan fingerprint density at radius 1 is 1.14 bits per heavy atom. The van der Waals surface area contributed by atoms with Gasteiger partial charge in [0.25, 0.3) is 0 Å². The number of hydrogen-bond acceptors (Lipinski definition) is 4. The average Bonchev–Trinajstić information content (AvgIpc) is 3.24. The largest absolute Gasteiger partial charge is 0.505 e. The number of amides is 1. The second-order valence-electron chi connectivity index (χ2n) is 7.09. The van der Waals surface area contributed by atoms with E-state index in [1.54, 1.807) is 17.4 Å². The average molecular weight is 408 g/mol. The number of para-hydroxylation sites is 1. The molecule has 0 saturated carbocycles. The fourth-order valence-electron chi connectivity index (χ4n) is 2.95. The summed E-state index contributed by atoms with van der Waals surface area (Å²) in [6.07, 6.45) is 0.923. The fourth-order valence-corrected chi connectivity index (χ4v) is 3.58. The number of anilines is 1. The van der Waals surface area contributed by atoms with E-state index in [1.165, 1.54) is 0 Å². The van der Waals surface area contributed by atoms with E-state index in [1.807, 2.05) is 67.8 Å². The molecule has 1 aromatic heterocycles. The van der Waals surface area contributed by atoms with Crippen LogP contribution in [-0.4, -0.2) is 16.8 Å². The Morgan fingerprint density at radius 2 is 1.90 bits per heavy atom. The van der Waals surface area contributed by atoms with Crippen molar-refractivity contribution in [3.63, 3.8) is 0 Å². The molecule has 3 rings (SSSR count). The van der Waals surface area contributed by atoms with Gasteiger partial charge in [-0.15, -0.1) is 11.3 Å². The summed E-state index contributed by atoms with van der Waals surface area (Å²) in [5.74, 6) is 0.684. The molecule has 0 atom stereocenters. The molecule has 5 nitrogen and oxygen atoms in total. The number of phenolic OH excluding ortho intramolecular Hbond substituents is 1. The van der Waals surface area contributed by atoms with Crippen molar-refractivity contribution in [2.24, 2.45) is 10.7 Å². The normalized spacial score (nSPS) is 11.6. The first-order valence-corrected chi connectivity index (χ1v) is 10.4. The molecular formula is C23H25N3O2S. The number of phenols is 1. The van der Waals surface area contributed by atoms with Crippen LogP contribution >= 0.6 is 11.3 Å². The summed E-state index contributed by atoms with van der Waals surface area (Å²) < 4.78 is 0. The lowest BCUT2D eigenvalue weighted by atomic mass is 10.0. The van der Waals surface area contributed by atoms with Crippen molar-refractivity contribution < 1.29 is 9.90 Å². The number of hydrogen-bond donors (Lipinski definition) is 3. The molecule has 150 valence electrons. The van der Waals surface area contributed by atoms with E-state index in [0.29, 0.717) is 24.4 Å². The molecule has 4 N–H and O–H groups in total. The van der Waals surface area contributed by atoms with Crippen molar-refractivity contribution in [3.8, 4) is 5.75 Å². The summed E-state index contributed by atoms with van der Waals surface area (Å²) in [6, 6.07) is 17.0. The van der Waals surface area contributed by atoms with E-state index in [4.69, 9.17) is 5.73 Å². The number of aliphatic imine (C=N–C) groups is 1. The van der Waals surface area contributed by atoms with Gasteiger partial charge in [-0.3, -0.25) is 4.79 Å². The Labute approximate surface area is 174 Å². The number of rotatable bonds is 7. The lowest BCUT2D eigenvalue weighted by Gasteiger charge is -2.13. The monoisotopic (exact) mass is 407 g/mol. The Balaban J connectivity index is 1.57. The molecule has 2 aromatic carbocycles. The maximum atomic E-state index is 12.3. The second kappa shape index (κ2) is 9.39. The minimum Gasteiger partial charge on any atom is -0.505 e. The fraction of sp³-hybridized carbons (Fsp3) is 0.217. The Morgan fingerprint density at radius 3 is 2.55 bits per heavy atom. The molecule has 0 aliphatic carbocycles. The van der Waals surface area contributed by atoms with Crippen LogP contribution in [0.5, 0.6) is 5.75 Å². The van der Waals surface area contributed by atoms with Crippen molar-refractivity contribution in [2.75, 3.05) is 5.32 Å². The molecule has 0 aliphatic rings. The zero-order valence-electron chi connectivity index (χ0n) is 16.6. The van der Waals surface area contributed by atoms with E-state index < -0.39 is 0 Å². The molecule has 0 unspecified atom stereocenters. The molecule has 0 radical (unpaired) electrons.